The number of allylic oxidation sites excluding steroid dienone is 1. The number of esters is 1. The molecule has 284 valence electrons. The number of hydrogen-bond donors (Lipinski definition) is 2. The van der Waals surface area contributed by atoms with E-state index in [0.29, 0.717) is 45.5 Å². The first-order valence-electron chi connectivity index (χ1n) is 18.4. The molecule has 0 aromatic rings. The molecule has 50 heavy (non-hydrogen) atoms. The van der Waals surface area contributed by atoms with Gasteiger partial charge in [0.15, 0.2) is 0 Å². The molecule has 2 saturated heterocycles. The van der Waals surface area contributed by atoms with Crippen LogP contribution in [0, 0.1) is 0 Å². The van der Waals surface area contributed by atoms with E-state index in [2.05, 4.69) is 27.8 Å². The lowest BCUT2D eigenvalue weighted by Gasteiger charge is -2.39. The van der Waals surface area contributed by atoms with E-state index in [-0.39, 0.29) is 42.4 Å². The maximum absolute atomic E-state index is 14.1. The van der Waals surface area contributed by atoms with Gasteiger partial charge in [-0.3, -0.25) is 20.2 Å². The average molecular weight is 706 g/mol. The van der Waals surface area contributed by atoms with E-state index in [4.69, 9.17) is 18.9 Å². The highest BCUT2D eigenvalue weighted by molar-refractivity contribution is 5.99. The summed E-state index contributed by atoms with van der Waals surface area (Å²) < 4.78 is 22.7. The van der Waals surface area contributed by atoms with Crippen LogP contribution < -0.4 is 10.6 Å². The Morgan fingerprint density at radius 1 is 0.820 bits per heavy atom. The molecule has 1 aliphatic carbocycles. The van der Waals surface area contributed by atoms with Crippen LogP contribution in [-0.4, -0.2) is 107 Å². The fourth-order valence-corrected chi connectivity index (χ4v) is 6.32. The fraction of sp³-hybridized carbons (Fsp3) is 0.811. The molecule has 1 unspecified atom stereocenters. The number of hydrogen-bond acceptors (Lipinski definition) is 9. The van der Waals surface area contributed by atoms with Gasteiger partial charge in [-0.15, -0.1) is 4.99 Å². The molecule has 0 spiro atoms. The smallest absolute Gasteiger partial charge is 0.437 e. The average Bonchev–Trinajstić information content (AvgIpc) is 2.98. The second-order valence-corrected chi connectivity index (χ2v) is 16.5. The van der Waals surface area contributed by atoms with Gasteiger partial charge in [0, 0.05) is 38.3 Å². The van der Waals surface area contributed by atoms with Crippen molar-refractivity contribution in [1.29, 1.82) is 0 Å². The van der Waals surface area contributed by atoms with Crippen LogP contribution in [0.1, 0.15) is 127 Å². The van der Waals surface area contributed by atoms with Crippen molar-refractivity contribution in [1.82, 2.24) is 20.4 Å². The number of carbonyl (C=O) groups is 4. The highest BCUT2D eigenvalue weighted by Crippen LogP contribution is 2.24. The lowest BCUT2D eigenvalue weighted by Crippen LogP contribution is -2.55. The number of likely N-dealkylation sites (tertiary alicyclic amines) is 2. The van der Waals surface area contributed by atoms with Crippen LogP contribution in [0.2, 0.25) is 0 Å². The van der Waals surface area contributed by atoms with E-state index in [1.807, 2.05) is 30.6 Å². The summed E-state index contributed by atoms with van der Waals surface area (Å²) in [6.45, 7) is 18.2. The number of nitrogens with one attached hydrogen (secondary N) is 2. The summed E-state index contributed by atoms with van der Waals surface area (Å²) in [5, 5.41) is 6.10. The van der Waals surface area contributed by atoms with E-state index in [1.165, 1.54) is 0 Å². The Labute approximate surface area is 299 Å². The van der Waals surface area contributed by atoms with Gasteiger partial charge < -0.3 is 28.7 Å². The fourth-order valence-electron chi connectivity index (χ4n) is 6.32. The Hall–Kier alpha value is -3.19. The SMILES string of the molecule is CC(C)(C)OC(=O)CC(N[C@@H]1C=CCCC1)C(=O)N1CCCC[C@H]1CCOC1CCN(C(=NC(=O)OC(C)(C)C)NC(=O)OC(C)(C)C)CC1. The van der Waals surface area contributed by atoms with Gasteiger partial charge in [-0.25, -0.2) is 9.59 Å². The molecule has 2 heterocycles. The first kappa shape index (κ1) is 41.2. The number of carbonyl (C=O) groups excluding carboxylic acids is 4. The maximum atomic E-state index is 14.1. The molecule has 13 nitrogen and oxygen atoms in total. The molecule has 0 aromatic carbocycles. The third-order valence-corrected chi connectivity index (χ3v) is 8.42. The number of ether oxygens (including phenoxy) is 4. The summed E-state index contributed by atoms with van der Waals surface area (Å²) in [5.74, 6) is -0.351. The van der Waals surface area contributed by atoms with Gasteiger partial charge in [-0.05, 0) is 120 Å². The van der Waals surface area contributed by atoms with Crippen molar-refractivity contribution in [3.8, 4) is 0 Å². The number of rotatable bonds is 9. The summed E-state index contributed by atoms with van der Waals surface area (Å²) in [6.07, 6.45) is 10.6. The van der Waals surface area contributed by atoms with E-state index in [0.717, 1.165) is 38.5 Å². The molecule has 3 atom stereocenters. The monoisotopic (exact) mass is 705 g/mol. The zero-order valence-electron chi connectivity index (χ0n) is 32.0. The Morgan fingerprint density at radius 2 is 1.48 bits per heavy atom. The molecular formula is C37H63N5O8. The minimum Gasteiger partial charge on any atom is -0.460 e. The van der Waals surface area contributed by atoms with Crippen LogP contribution in [0.25, 0.3) is 0 Å². The third kappa shape index (κ3) is 15.4. The molecule has 2 fully saturated rings. The minimum absolute atomic E-state index is 0.0132. The van der Waals surface area contributed by atoms with Crippen molar-refractivity contribution in [3.05, 3.63) is 12.2 Å². The van der Waals surface area contributed by atoms with E-state index >= 15 is 0 Å². The first-order chi connectivity index (χ1) is 23.3. The van der Waals surface area contributed by atoms with Crippen LogP contribution in [0.15, 0.2) is 17.1 Å². The van der Waals surface area contributed by atoms with Gasteiger partial charge in [0.25, 0.3) is 0 Å². The van der Waals surface area contributed by atoms with E-state index in [9.17, 15) is 19.2 Å². The largest absolute Gasteiger partial charge is 0.460 e. The molecule has 13 heteroatoms. The number of amides is 3. The van der Waals surface area contributed by atoms with Crippen molar-refractivity contribution in [2.75, 3.05) is 26.2 Å². The van der Waals surface area contributed by atoms with Crippen LogP contribution in [0.5, 0.6) is 0 Å². The van der Waals surface area contributed by atoms with Crippen molar-refractivity contribution < 1.29 is 38.1 Å². The normalized spacial score (nSPS) is 21.7. The van der Waals surface area contributed by atoms with E-state index < -0.39 is 35.0 Å². The van der Waals surface area contributed by atoms with E-state index in [1.54, 1.807) is 41.5 Å². The van der Waals surface area contributed by atoms with Gasteiger partial charge in [0.1, 0.15) is 16.8 Å². The molecule has 3 aliphatic rings. The molecule has 0 aromatic heterocycles. The summed E-state index contributed by atoms with van der Waals surface area (Å²) in [7, 11) is 0. The number of alkyl carbamates (subject to hydrolysis) is 1. The van der Waals surface area contributed by atoms with Gasteiger partial charge in [0.05, 0.1) is 18.6 Å². The molecule has 2 aliphatic heterocycles. The molecule has 2 N–H and O–H groups in total. The Balaban J connectivity index is 1.59. The van der Waals surface area contributed by atoms with Gasteiger partial charge >= 0.3 is 18.2 Å². The summed E-state index contributed by atoms with van der Waals surface area (Å²) in [6, 6.07) is -0.590. The van der Waals surface area contributed by atoms with Gasteiger partial charge in [-0.1, -0.05) is 12.2 Å². The topological polar surface area (TPSA) is 148 Å². The number of guanidine groups is 1. The highest BCUT2D eigenvalue weighted by Gasteiger charge is 2.35. The molecule has 0 radical (unpaired) electrons. The van der Waals surface area contributed by atoms with Crippen LogP contribution in [-0.2, 0) is 28.5 Å². The quantitative estimate of drug-likeness (QED) is 0.0984. The maximum Gasteiger partial charge on any atom is 0.437 e. The molecule has 0 saturated carbocycles. The zero-order valence-corrected chi connectivity index (χ0v) is 32.0. The molecule has 3 amide bonds. The van der Waals surface area contributed by atoms with Crippen molar-refractivity contribution in [3.63, 3.8) is 0 Å². The van der Waals surface area contributed by atoms with Crippen molar-refractivity contribution in [2.24, 2.45) is 4.99 Å². The highest BCUT2D eigenvalue weighted by atomic mass is 16.6. The van der Waals surface area contributed by atoms with Crippen molar-refractivity contribution in [2.45, 2.75) is 168 Å². The zero-order chi connectivity index (χ0) is 37.1. The summed E-state index contributed by atoms with van der Waals surface area (Å²) in [4.78, 5) is 59.9. The number of nitrogens with zero attached hydrogens (tertiary/aromatic N) is 3. The molecular weight excluding hydrogens is 642 g/mol. The Kier molecular flexibility index (Phi) is 15.1. The summed E-state index contributed by atoms with van der Waals surface area (Å²) >= 11 is 0. The van der Waals surface area contributed by atoms with Crippen LogP contribution >= 0.6 is 0 Å². The van der Waals surface area contributed by atoms with Gasteiger partial charge in [-0.2, -0.15) is 0 Å². The van der Waals surface area contributed by atoms with Crippen LogP contribution in [0.4, 0.5) is 9.59 Å². The van der Waals surface area contributed by atoms with Crippen LogP contribution in [0.3, 0.4) is 0 Å². The Bertz CT molecular complexity index is 1210. The lowest BCUT2D eigenvalue weighted by molar-refractivity contribution is -0.158. The lowest BCUT2D eigenvalue weighted by atomic mass is 9.96. The number of aliphatic imine (C=N–C) groups is 1. The predicted molar refractivity (Wildman–Crippen MR) is 192 cm³/mol. The Morgan fingerprint density at radius 3 is 2.08 bits per heavy atom. The third-order valence-electron chi connectivity index (χ3n) is 8.42. The summed E-state index contributed by atoms with van der Waals surface area (Å²) in [5.41, 5.74) is -2.08. The predicted octanol–water partition coefficient (Wildman–Crippen LogP) is 5.85. The second-order valence-electron chi connectivity index (χ2n) is 16.5. The first-order valence-corrected chi connectivity index (χ1v) is 18.4. The van der Waals surface area contributed by atoms with Crippen molar-refractivity contribution >= 4 is 30.0 Å². The molecule has 3 rings (SSSR count). The van der Waals surface area contributed by atoms with Gasteiger partial charge in [0.2, 0.25) is 11.9 Å². The molecule has 0 bridgehead atoms. The second kappa shape index (κ2) is 18.3. The number of piperidine rings is 2. The minimum atomic E-state index is -0.799. The standard InChI is InChI=1S/C37H63N5O8/c1-35(2,3)48-30(43)25-29(38-26-15-11-10-12-16-26)31(44)42-21-14-13-17-27(42)20-24-47-28-18-22-41(23-19-28)32(39-33(45)49-36(4,5)6)40-34(46)50-37(7,8)9/h11,15,26-29,38H,10,12-14,16-25H2,1-9H3,(H,39,40,45,46)/t26-,27+,29?/m1/s1.